The van der Waals surface area contributed by atoms with Crippen LogP contribution < -0.4 is 0 Å². The number of rotatable bonds is 6. The SMILES string of the molecule is CC(C)C(C(=O)CCN1CCCCC1)c1ccccc1. The summed E-state index contributed by atoms with van der Waals surface area (Å²) in [7, 11) is 0. The van der Waals surface area contributed by atoms with Crippen LogP contribution in [0.15, 0.2) is 30.3 Å². The van der Waals surface area contributed by atoms with Crippen LogP contribution in [0.4, 0.5) is 0 Å². The first-order valence-electron chi connectivity index (χ1n) is 7.98. The average Bonchev–Trinajstić information content (AvgIpc) is 2.47. The van der Waals surface area contributed by atoms with Gasteiger partial charge in [-0.2, -0.15) is 0 Å². The van der Waals surface area contributed by atoms with Gasteiger partial charge in [0.1, 0.15) is 5.78 Å². The van der Waals surface area contributed by atoms with Crippen LogP contribution in [-0.4, -0.2) is 30.3 Å². The van der Waals surface area contributed by atoms with Gasteiger partial charge in [-0.3, -0.25) is 4.79 Å². The fraction of sp³-hybridized carbons (Fsp3) is 0.611. The molecule has 20 heavy (non-hydrogen) atoms. The molecular weight excluding hydrogens is 246 g/mol. The lowest BCUT2D eigenvalue weighted by Crippen LogP contribution is -2.32. The van der Waals surface area contributed by atoms with Crippen molar-refractivity contribution < 1.29 is 4.79 Å². The van der Waals surface area contributed by atoms with Gasteiger partial charge in [-0.15, -0.1) is 0 Å². The molecule has 2 rings (SSSR count). The van der Waals surface area contributed by atoms with E-state index in [-0.39, 0.29) is 5.92 Å². The van der Waals surface area contributed by atoms with Gasteiger partial charge in [0.2, 0.25) is 0 Å². The Balaban J connectivity index is 1.93. The summed E-state index contributed by atoms with van der Waals surface area (Å²) in [4.78, 5) is 15.0. The Hall–Kier alpha value is -1.15. The maximum atomic E-state index is 12.6. The number of benzene rings is 1. The molecule has 0 aliphatic carbocycles. The van der Waals surface area contributed by atoms with Crippen molar-refractivity contribution in [2.24, 2.45) is 5.92 Å². The molecule has 1 aliphatic heterocycles. The van der Waals surface area contributed by atoms with E-state index in [0.717, 1.165) is 6.54 Å². The molecule has 0 amide bonds. The van der Waals surface area contributed by atoms with Crippen molar-refractivity contribution in [3.8, 4) is 0 Å². The van der Waals surface area contributed by atoms with Gasteiger partial charge in [-0.25, -0.2) is 0 Å². The lowest BCUT2D eigenvalue weighted by Gasteiger charge is -2.27. The number of ketones is 1. The number of likely N-dealkylation sites (tertiary alicyclic amines) is 1. The van der Waals surface area contributed by atoms with E-state index in [1.54, 1.807) is 0 Å². The summed E-state index contributed by atoms with van der Waals surface area (Å²) < 4.78 is 0. The number of carbonyl (C=O) groups excluding carboxylic acids is 1. The molecule has 0 saturated carbocycles. The second kappa shape index (κ2) is 7.58. The zero-order valence-corrected chi connectivity index (χ0v) is 12.8. The molecule has 0 spiro atoms. The minimum absolute atomic E-state index is 0.0565. The van der Waals surface area contributed by atoms with E-state index in [9.17, 15) is 4.79 Å². The van der Waals surface area contributed by atoms with Crippen LogP contribution in [-0.2, 0) is 4.79 Å². The maximum absolute atomic E-state index is 12.6. The Bertz CT molecular complexity index is 407. The summed E-state index contributed by atoms with van der Waals surface area (Å²) in [6.07, 6.45) is 4.63. The summed E-state index contributed by atoms with van der Waals surface area (Å²) in [5.41, 5.74) is 1.17. The molecule has 1 heterocycles. The second-order valence-electron chi connectivity index (χ2n) is 6.25. The van der Waals surface area contributed by atoms with Crippen LogP contribution >= 0.6 is 0 Å². The van der Waals surface area contributed by atoms with Crippen LogP contribution in [0.25, 0.3) is 0 Å². The monoisotopic (exact) mass is 273 g/mol. The van der Waals surface area contributed by atoms with Crippen LogP contribution in [0.5, 0.6) is 0 Å². The first-order valence-corrected chi connectivity index (χ1v) is 7.98. The highest BCUT2D eigenvalue weighted by Crippen LogP contribution is 2.26. The zero-order valence-electron chi connectivity index (χ0n) is 12.8. The summed E-state index contributed by atoms with van der Waals surface area (Å²) in [5, 5.41) is 0. The summed E-state index contributed by atoms with van der Waals surface area (Å²) in [5.74, 6) is 0.823. The molecule has 0 bridgehead atoms. The maximum Gasteiger partial charge on any atom is 0.141 e. The van der Waals surface area contributed by atoms with Crippen LogP contribution in [0.2, 0.25) is 0 Å². The molecule has 1 aromatic rings. The molecule has 1 fully saturated rings. The highest BCUT2D eigenvalue weighted by Gasteiger charge is 2.24. The van der Waals surface area contributed by atoms with E-state index < -0.39 is 0 Å². The minimum atomic E-state index is 0.0565. The van der Waals surface area contributed by atoms with Gasteiger partial charge in [-0.1, -0.05) is 50.6 Å². The second-order valence-corrected chi connectivity index (χ2v) is 6.25. The fourth-order valence-corrected chi connectivity index (χ4v) is 3.21. The van der Waals surface area contributed by atoms with Crippen LogP contribution in [0, 0.1) is 5.92 Å². The van der Waals surface area contributed by atoms with Gasteiger partial charge >= 0.3 is 0 Å². The average molecular weight is 273 g/mol. The molecule has 1 aromatic carbocycles. The highest BCUT2D eigenvalue weighted by molar-refractivity contribution is 5.86. The van der Waals surface area contributed by atoms with E-state index in [0.29, 0.717) is 18.1 Å². The first kappa shape index (κ1) is 15.2. The largest absolute Gasteiger partial charge is 0.303 e. The standard InChI is InChI=1S/C18H27NO/c1-15(2)18(16-9-5-3-6-10-16)17(20)11-14-19-12-7-4-8-13-19/h3,5-6,9-10,15,18H,4,7-8,11-14H2,1-2H3. The Kier molecular flexibility index (Phi) is 5.78. The number of hydrogen-bond donors (Lipinski definition) is 0. The van der Waals surface area contributed by atoms with Gasteiger partial charge in [0, 0.05) is 18.9 Å². The lowest BCUT2D eigenvalue weighted by molar-refractivity contribution is -0.121. The third kappa shape index (κ3) is 4.17. The predicted molar refractivity (Wildman–Crippen MR) is 83.9 cm³/mol. The normalized spacial score (nSPS) is 18.1. The van der Waals surface area contributed by atoms with Crippen molar-refractivity contribution in [2.75, 3.05) is 19.6 Å². The van der Waals surface area contributed by atoms with E-state index in [4.69, 9.17) is 0 Å². The molecule has 110 valence electrons. The molecule has 0 N–H and O–H groups in total. The number of Topliss-reactive ketones (excluding diaryl/α,β-unsaturated/α-hetero) is 1. The Morgan fingerprint density at radius 1 is 1.10 bits per heavy atom. The van der Waals surface area contributed by atoms with Gasteiger partial charge in [0.15, 0.2) is 0 Å². The van der Waals surface area contributed by atoms with E-state index >= 15 is 0 Å². The van der Waals surface area contributed by atoms with Crippen molar-refractivity contribution in [3.63, 3.8) is 0 Å². The van der Waals surface area contributed by atoms with E-state index in [1.165, 1.54) is 37.9 Å². The number of nitrogens with zero attached hydrogens (tertiary/aromatic N) is 1. The summed E-state index contributed by atoms with van der Waals surface area (Å²) in [6.45, 7) is 7.58. The van der Waals surface area contributed by atoms with Gasteiger partial charge in [0.25, 0.3) is 0 Å². The molecule has 2 nitrogen and oxygen atoms in total. The fourth-order valence-electron chi connectivity index (χ4n) is 3.21. The third-order valence-electron chi connectivity index (χ3n) is 4.30. The molecule has 2 heteroatoms. The Morgan fingerprint density at radius 3 is 2.35 bits per heavy atom. The number of piperidine rings is 1. The molecule has 0 radical (unpaired) electrons. The first-order chi connectivity index (χ1) is 9.68. The van der Waals surface area contributed by atoms with Crippen molar-refractivity contribution in [2.45, 2.75) is 45.4 Å². The number of hydrogen-bond acceptors (Lipinski definition) is 2. The smallest absolute Gasteiger partial charge is 0.141 e. The van der Waals surface area contributed by atoms with Crippen LogP contribution in [0.1, 0.15) is 51.0 Å². The van der Waals surface area contributed by atoms with Crippen molar-refractivity contribution in [3.05, 3.63) is 35.9 Å². The van der Waals surface area contributed by atoms with Gasteiger partial charge in [-0.05, 0) is 37.4 Å². The Labute approximate surface area is 123 Å². The van der Waals surface area contributed by atoms with Crippen molar-refractivity contribution in [1.29, 1.82) is 0 Å². The van der Waals surface area contributed by atoms with Crippen molar-refractivity contribution >= 4 is 5.78 Å². The molecule has 1 saturated heterocycles. The predicted octanol–water partition coefficient (Wildman–Crippen LogP) is 3.87. The zero-order chi connectivity index (χ0) is 14.4. The summed E-state index contributed by atoms with van der Waals surface area (Å²) in [6, 6.07) is 10.2. The highest BCUT2D eigenvalue weighted by atomic mass is 16.1. The van der Waals surface area contributed by atoms with E-state index in [1.807, 2.05) is 18.2 Å². The Morgan fingerprint density at radius 2 is 1.75 bits per heavy atom. The quantitative estimate of drug-likeness (QED) is 0.784. The number of carbonyl (C=O) groups is 1. The summed E-state index contributed by atoms with van der Waals surface area (Å²) >= 11 is 0. The topological polar surface area (TPSA) is 20.3 Å². The molecular formula is C18H27NO. The van der Waals surface area contributed by atoms with Gasteiger partial charge in [0.05, 0.1) is 0 Å². The van der Waals surface area contributed by atoms with E-state index in [2.05, 4.69) is 30.9 Å². The molecule has 1 atom stereocenters. The minimum Gasteiger partial charge on any atom is -0.303 e. The lowest BCUT2D eigenvalue weighted by atomic mass is 9.84. The molecule has 0 aromatic heterocycles. The third-order valence-corrected chi connectivity index (χ3v) is 4.30. The van der Waals surface area contributed by atoms with Gasteiger partial charge < -0.3 is 4.90 Å². The molecule has 1 unspecified atom stereocenters. The molecule has 1 aliphatic rings. The van der Waals surface area contributed by atoms with Crippen LogP contribution in [0.3, 0.4) is 0 Å². The van der Waals surface area contributed by atoms with Crippen molar-refractivity contribution in [1.82, 2.24) is 4.90 Å².